The summed E-state index contributed by atoms with van der Waals surface area (Å²) < 4.78 is 5.90. The molecule has 0 spiro atoms. The lowest BCUT2D eigenvalue weighted by molar-refractivity contribution is 0.121. The van der Waals surface area contributed by atoms with Crippen molar-refractivity contribution in [3.63, 3.8) is 0 Å². The van der Waals surface area contributed by atoms with Gasteiger partial charge in [-0.3, -0.25) is 4.90 Å². The molecular weight excluding hydrogens is 248 g/mol. The molecule has 2 aliphatic heterocycles. The van der Waals surface area contributed by atoms with Crippen molar-refractivity contribution in [2.24, 2.45) is 5.73 Å². The molecule has 2 heterocycles. The molecular formula is C17H26N2O. The lowest BCUT2D eigenvalue weighted by atomic mass is 9.90. The molecule has 1 aromatic rings. The fourth-order valence-corrected chi connectivity index (χ4v) is 3.76. The van der Waals surface area contributed by atoms with Gasteiger partial charge in [0.25, 0.3) is 0 Å². The van der Waals surface area contributed by atoms with E-state index >= 15 is 0 Å². The Labute approximate surface area is 122 Å². The number of benzene rings is 1. The molecule has 1 saturated heterocycles. The standard InChI is InChI=1S/C17H26N2O/c1-12-9-13(2)16-15(10-12)20-11-14(18)17(16)19-7-5-3-4-6-8-19/h9-10,14,17H,3-8,11,18H2,1-2H3. The van der Waals surface area contributed by atoms with Crippen LogP contribution in [0.4, 0.5) is 0 Å². The predicted octanol–water partition coefficient (Wildman–Crippen LogP) is 2.94. The first-order chi connectivity index (χ1) is 9.66. The van der Waals surface area contributed by atoms with Gasteiger partial charge in [0.15, 0.2) is 0 Å². The lowest BCUT2D eigenvalue weighted by Gasteiger charge is -2.40. The van der Waals surface area contributed by atoms with E-state index in [4.69, 9.17) is 10.5 Å². The van der Waals surface area contributed by atoms with E-state index in [0.29, 0.717) is 12.6 Å². The largest absolute Gasteiger partial charge is 0.492 e. The van der Waals surface area contributed by atoms with Crippen LogP contribution in [0.3, 0.4) is 0 Å². The minimum absolute atomic E-state index is 0.0852. The zero-order chi connectivity index (χ0) is 14.1. The van der Waals surface area contributed by atoms with Crippen LogP contribution < -0.4 is 10.5 Å². The highest BCUT2D eigenvalue weighted by molar-refractivity contribution is 5.47. The Morgan fingerprint density at radius 1 is 1.10 bits per heavy atom. The number of likely N-dealkylation sites (tertiary alicyclic amines) is 1. The van der Waals surface area contributed by atoms with Crippen LogP contribution in [0, 0.1) is 13.8 Å². The number of ether oxygens (including phenoxy) is 1. The van der Waals surface area contributed by atoms with Crippen molar-refractivity contribution in [2.45, 2.75) is 51.6 Å². The summed E-state index contributed by atoms with van der Waals surface area (Å²) in [6.07, 6.45) is 5.30. The zero-order valence-electron chi connectivity index (χ0n) is 12.7. The molecule has 3 rings (SSSR count). The number of hydrogen-bond donors (Lipinski definition) is 1. The van der Waals surface area contributed by atoms with E-state index in [9.17, 15) is 0 Å². The molecule has 2 N–H and O–H groups in total. The topological polar surface area (TPSA) is 38.5 Å². The van der Waals surface area contributed by atoms with Crippen LogP contribution in [0.2, 0.25) is 0 Å². The predicted molar refractivity (Wildman–Crippen MR) is 82.2 cm³/mol. The summed E-state index contributed by atoms with van der Waals surface area (Å²) in [6, 6.07) is 4.84. The summed E-state index contributed by atoms with van der Waals surface area (Å²) in [6.45, 7) is 7.30. The lowest BCUT2D eigenvalue weighted by Crippen LogP contribution is -2.47. The third-order valence-corrected chi connectivity index (χ3v) is 4.66. The van der Waals surface area contributed by atoms with E-state index in [1.165, 1.54) is 55.5 Å². The average molecular weight is 274 g/mol. The number of hydrogen-bond acceptors (Lipinski definition) is 3. The number of aryl methyl sites for hydroxylation is 2. The third-order valence-electron chi connectivity index (χ3n) is 4.66. The Hall–Kier alpha value is -1.06. The minimum Gasteiger partial charge on any atom is -0.492 e. The summed E-state index contributed by atoms with van der Waals surface area (Å²) in [7, 11) is 0. The second-order valence-electron chi connectivity index (χ2n) is 6.36. The Morgan fingerprint density at radius 3 is 2.50 bits per heavy atom. The SMILES string of the molecule is Cc1cc(C)c2c(c1)OCC(N)C2N1CCCCCC1. The van der Waals surface area contributed by atoms with E-state index in [1.54, 1.807) is 0 Å². The average Bonchev–Trinajstić information content (AvgIpc) is 2.68. The molecule has 0 amide bonds. The van der Waals surface area contributed by atoms with Crippen molar-refractivity contribution in [2.75, 3.05) is 19.7 Å². The molecule has 0 aliphatic carbocycles. The number of fused-ring (bicyclic) bond motifs is 1. The van der Waals surface area contributed by atoms with Crippen LogP contribution >= 0.6 is 0 Å². The molecule has 0 aromatic heterocycles. The molecule has 0 saturated carbocycles. The molecule has 2 atom stereocenters. The van der Waals surface area contributed by atoms with Crippen molar-refractivity contribution in [1.82, 2.24) is 4.90 Å². The van der Waals surface area contributed by atoms with Crippen molar-refractivity contribution in [3.8, 4) is 5.75 Å². The van der Waals surface area contributed by atoms with Crippen LogP contribution in [0.5, 0.6) is 5.75 Å². The highest BCUT2D eigenvalue weighted by Crippen LogP contribution is 2.39. The van der Waals surface area contributed by atoms with Crippen molar-refractivity contribution in [1.29, 1.82) is 0 Å². The van der Waals surface area contributed by atoms with Gasteiger partial charge in [-0.1, -0.05) is 18.9 Å². The molecule has 3 nitrogen and oxygen atoms in total. The van der Waals surface area contributed by atoms with Gasteiger partial charge in [0.1, 0.15) is 12.4 Å². The molecule has 20 heavy (non-hydrogen) atoms. The van der Waals surface area contributed by atoms with Crippen molar-refractivity contribution < 1.29 is 4.74 Å². The van der Waals surface area contributed by atoms with E-state index in [1.807, 2.05) is 0 Å². The highest BCUT2D eigenvalue weighted by Gasteiger charge is 2.34. The second-order valence-corrected chi connectivity index (χ2v) is 6.36. The first-order valence-corrected chi connectivity index (χ1v) is 7.90. The van der Waals surface area contributed by atoms with Crippen molar-refractivity contribution >= 4 is 0 Å². The number of rotatable bonds is 1. The molecule has 3 heteroatoms. The minimum atomic E-state index is 0.0852. The van der Waals surface area contributed by atoms with E-state index in [0.717, 1.165) is 5.75 Å². The van der Waals surface area contributed by atoms with E-state index < -0.39 is 0 Å². The van der Waals surface area contributed by atoms with Crippen LogP contribution in [0.15, 0.2) is 12.1 Å². The summed E-state index contributed by atoms with van der Waals surface area (Å²) >= 11 is 0. The van der Waals surface area contributed by atoms with Crippen LogP contribution in [-0.2, 0) is 0 Å². The smallest absolute Gasteiger partial charge is 0.124 e. The first-order valence-electron chi connectivity index (χ1n) is 7.90. The molecule has 2 aliphatic rings. The monoisotopic (exact) mass is 274 g/mol. The van der Waals surface area contributed by atoms with E-state index in [2.05, 4.69) is 30.9 Å². The van der Waals surface area contributed by atoms with Crippen LogP contribution in [0.25, 0.3) is 0 Å². The van der Waals surface area contributed by atoms with Gasteiger partial charge in [0.2, 0.25) is 0 Å². The Kier molecular flexibility index (Phi) is 3.99. The molecule has 0 bridgehead atoms. The summed E-state index contributed by atoms with van der Waals surface area (Å²) in [4.78, 5) is 2.60. The maximum Gasteiger partial charge on any atom is 0.124 e. The highest BCUT2D eigenvalue weighted by atomic mass is 16.5. The van der Waals surface area contributed by atoms with Gasteiger partial charge in [0.05, 0.1) is 12.1 Å². The molecule has 2 unspecified atom stereocenters. The second kappa shape index (κ2) is 5.74. The van der Waals surface area contributed by atoms with Crippen LogP contribution in [-0.4, -0.2) is 30.6 Å². The van der Waals surface area contributed by atoms with Gasteiger partial charge in [0, 0.05) is 5.56 Å². The number of nitrogens with two attached hydrogens (primary N) is 1. The normalized spacial score (nSPS) is 27.6. The third kappa shape index (κ3) is 2.57. The quantitative estimate of drug-likeness (QED) is 0.855. The van der Waals surface area contributed by atoms with Gasteiger partial charge in [-0.15, -0.1) is 0 Å². The Morgan fingerprint density at radius 2 is 1.80 bits per heavy atom. The van der Waals surface area contributed by atoms with Gasteiger partial charge in [-0.2, -0.15) is 0 Å². The fraction of sp³-hybridized carbons (Fsp3) is 0.647. The van der Waals surface area contributed by atoms with Gasteiger partial charge in [-0.05, 0) is 57.0 Å². The number of nitrogens with zero attached hydrogens (tertiary/aromatic N) is 1. The molecule has 1 fully saturated rings. The van der Waals surface area contributed by atoms with Crippen molar-refractivity contribution in [3.05, 3.63) is 28.8 Å². The van der Waals surface area contributed by atoms with Gasteiger partial charge < -0.3 is 10.5 Å². The van der Waals surface area contributed by atoms with E-state index in [-0.39, 0.29) is 6.04 Å². The molecule has 1 aromatic carbocycles. The fourth-order valence-electron chi connectivity index (χ4n) is 3.76. The van der Waals surface area contributed by atoms with Gasteiger partial charge in [-0.25, -0.2) is 0 Å². The first kappa shape index (κ1) is 13.9. The van der Waals surface area contributed by atoms with Crippen LogP contribution in [0.1, 0.15) is 48.4 Å². The summed E-state index contributed by atoms with van der Waals surface area (Å²) in [5, 5.41) is 0. The maximum absolute atomic E-state index is 6.42. The summed E-state index contributed by atoms with van der Waals surface area (Å²) in [5.74, 6) is 1.05. The Balaban J connectivity index is 1.98. The summed E-state index contributed by atoms with van der Waals surface area (Å²) in [5.41, 5.74) is 10.3. The molecule has 0 radical (unpaired) electrons. The Bertz CT molecular complexity index is 478. The zero-order valence-corrected chi connectivity index (χ0v) is 12.7. The maximum atomic E-state index is 6.42. The molecule has 110 valence electrons. The van der Waals surface area contributed by atoms with Gasteiger partial charge >= 0.3 is 0 Å².